The number of carbonyl (C=O) groups is 1. The van der Waals surface area contributed by atoms with E-state index in [1.165, 1.54) is 5.56 Å². The highest BCUT2D eigenvalue weighted by atomic mass is 16.7. The zero-order chi connectivity index (χ0) is 16.1. The number of aromatic nitrogens is 2. The second-order valence-electron chi connectivity index (χ2n) is 6.09. The van der Waals surface area contributed by atoms with Crippen LogP contribution in [0.25, 0.3) is 11.0 Å². The van der Waals surface area contributed by atoms with Crippen molar-refractivity contribution in [1.82, 2.24) is 14.9 Å². The summed E-state index contributed by atoms with van der Waals surface area (Å²) in [5.74, 6) is 1.61. The van der Waals surface area contributed by atoms with Crippen molar-refractivity contribution in [3.63, 3.8) is 0 Å². The third-order valence-corrected chi connectivity index (χ3v) is 4.66. The molecule has 6 nitrogen and oxygen atoms in total. The number of fused-ring (bicyclic) bond motifs is 3. The summed E-state index contributed by atoms with van der Waals surface area (Å²) in [4.78, 5) is 22.0. The minimum absolute atomic E-state index is 0.0369. The maximum Gasteiger partial charge on any atom is 0.254 e. The molecule has 0 aliphatic carbocycles. The number of nitrogens with zero attached hydrogens (tertiary/aromatic N) is 2. The van der Waals surface area contributed by atoms with Crippen LogP contribution in [0.5, 0.6) is 11.5 Å². The summed E-state index contributed by atoms with van der Waals surface area (Å²) in [5, 5.41) is 0. The fourth-order valence-corrected chi connectivity index (χ4v) is 3.37. The quantitative estimate of drug-likeness (QED) is 0.748. The SMILES string of the molecule is O=C(c1ccc2nc[nH]c2c1)N1CCc2cc3c(cc2C1)OCO3. The van der Waals surface area contributed by atoms with Crippen molar-refractivity contribution >= 4 is 16.9 Å². The van der Waals surface area contributed by atoms with E-state index in [1.54, 1.807) is 6.33 Å². The highest BCUT2D eigenvalue weighted by Crippen LogP contribution is 2.36. The molecular weight excluding hydrogens is 306 g/mol. The van der Waals surface area contributed by atoms with Gasteiger partial charge >= 0.3 is 0 Å². The van der Waals surface area contributed by atoms with Crippen molar-refractivity contribution in [3.05, 3.63) is 53.3 Å². The first kappa shape index (κ1) is 13.4. The molecular formula is C18H15N3O3. The zero-order valence-electron chi connectivity index (χ0n) is 12.9. The molecule has 1 amide bonds. The average Bonchev–Trinajstić information content (AvgIpc) is 3.26. The topological polar surface area (TPSA) is 67.5 Å². The normalized spacial score (nSPS) is 15.6. The second-order valence-corrected chi connectivity index (χ2v) is 6.09. The molecule has 0 spiro atoms. The van der Waals surface area contributed by atoms with E-state index in [-0.39, 0.29) is 12.7 Å². The maximum absolute atomic E-state index is 12.8. The lowest BCUT2D eigenvalue weighted by atomic mass is 9.98. The third kappa shape index (κ3) is 2.03. The molecule has 0 atom stereocenters. The van der Waals surface area contributed by atoms with Crippen LogP contribution in [0.3, 0.4) is 0 Å². The number of amides is 1. The van der Waals surface area contributed by atoms with Gasteiger partial charge in [-0.3, -0.25) is 4.79 Å². The number of nitrogens with one attached hydrogen (secondary N) is 1. The predicted octanol–water partition coefficient (Wildman–Crippen LogP) is 2.49. The summed E-state index contributed by atoms with van der Waals surface area (Å²) in [5.41, 5.74) is 4.77. The van der Waals surface area contributed by atoms with Crippen LogP contribution in [0.15, 0.2) is 36.7 Å². The van der Waals surface area contributed by atoms with Gasteiger partial charge in [-0.15, -0.1) is 0 Å². The van der Waals surface area contributed by atoms with E-state index in [0.29, 0.717) is 18.7 Å². The minimum atomic E-state index is 0.0369. The van der Waals surface area contributed by atoms with Gasteiger partial charge in [-0.1, -0.05) is 0 Å². The summed E-state index contributed by atoms with van der Waals surface area (Å²) >= 11 is 0. The molecule has 0 fully saturated rings. The van der Waals surface area contributed by atoms with Gasteiger partial charge in [0.25, 0.3) is 5.91 Å². The molecule has 2 aromatic carbocycles. The first-order chi connectivity index (χ1) is 11.8. The number of ether oxygens (including phenoxy) is 2. The van der Waals surface area contributed by atoms with E-state index < -0.39 is 0 Å². The monoisotopic (exact) mass is 321 g/mol. The van der Waals surface area contributed by atoms with Gasteiger partial charge in [0, 0.05) is 18.7 Å². The van der Waals surface area contributed by atoms with Crippen LogP contribution in [0.1, 0.15) is 21.5 Å². The van der Waals surface area contributed by atoms with Gasteiger partial charge in [-0.25, -0.2) is 4.98 Å². The molecule has 2 aliphatic heterocycles. The Morgan fingerprint density at radius 3 is 2.83 bits per heavy atom. The molecule has 6 heteroatoms. The molecule has 5 rings (SSSR count). The van der Waals surface area contributed by atoms with Crippen LogP contribution in [-0.2, 0) is 13.0 Å². The molecule has 0 unspecified atom stereocenters. The van der Waals surface area contributed by atoms with Crippen LogP contribution in [0.2, 0.25) is 0 Å². The molecule has 1 N–H and O–H groups in total. The summed E-state index contributed by atoms with van der Waals surface area (Å²) in [6, 6.07) is 9.60. The van der Waals surface area contributed by atoms with E-state index in [0.717, 1.165) is 34.5 Å². The van der Waals surface area contributed by atoms with Crippen molar-refractivity contribution in [2.24, 2.45) is 0 Å². The Bertz CT molecular complexity index is 963. The van der Waals surface area contributed by atoms with E-state index >= 15 is 0 Å². The standard InChI is InChI=1S/C18H15N3O3/c22-18(12-1-2-14-15(5-12)20-9-19-14)21-4-3-11-6-16-17(24-10-23-16)7-13(11)8-21/h1-2,5-7,9H,3-4,8,10H2,(H,19,20). The van der Waals surface area contributed by atoms with Crippen LogP contribution < -0.4 is 9.47 Å². The first-order valence-corrected chi connectivity index (χ1v) is 7.92. The first-order valence-electron chi connectivity index (χ1n) is 7.92. The van der Waals surface area contributed by atoms with Crippen molar-refractivity contribution < 1.29 is 14.3 Å². The van der Waals surface area contributed by atoms with Crippen LogP contribution in [0.4, 0.5) is 0 Å². The fourth-order valence-electron chi connectivity index (χ4n) is 3.37. The average molecular weight is 321 g/mol. The minimum Gasteiger partial charge on any atom is -0.454 e. The number of benzene rings is 2. The molecule has 120 valence electrons. The summed E-state index contributed by atoms with van der Waals surface area (Å²) in [7, 11) is 0. The summed E-state index contributed by atoms with van der Waals surface area (Å²) in [6.45, 7) is 1.56. The van der Waals surface area contributed by atoms with Crippen molar-refractivity contribution in [2.45, 2.75) is 13.0 Å². The lowest BCUT2D eigenvalue weighted by Gasteiger charge is -2.29. The van der Waals surface area contributed by atoms with Gasteiger partial charge in [-0.05, 0) is 47.9 Å². The highest BCUT2D eigenvalue weighted by Gasteiger charge is 2.25. The molecule has 0 bridgehead atoms. The molecule has 0 radical (unpaired) electrons. The number of H-pyrrole nitrogens is 1. The molecule has 3 aromatic rings. The van der Waals surface area contributed by atoms with Gasteiger partial charge in [-0.2, -0.15) is 0 Å². The number of carbonyl (C=O) groups excluding carboxylic acids is 1. The Kier molecular flexibility index (Phi) is 2.79. The molecule has 3 heterocycles. The summed E-state index contributed by atoms with van der Waals surface area (Å²) in [6.07, 6.45) is 2.46. The Morgan fingerprint density at radius 1 is 1.12 bits per heavy atom. The number of aromatic amines is 1. The third-order valence-electron chi connectivity index (χ3n) is 4.66. The van der Waals surface area contributed by atoms with Gasteiger partial charge < -0.3 is 19.4 Å². The number of rotatable bonds is 1. The van der Waals surface area contributed by atoms with Crippen molar-refractivity contribution in [3.8, 4) is 11.5 Å². The van der Waals surface area contributed by atoms with Crippen LogP contribution in [-0.4, -0.2) is 34.1 Å². The molecule has 0 saturated heterocycles. The predicted molar refractivity (Wildman–Crippen MR) is 87.1 cm³/mol. The van der Waals surface area contributed by atoms with Gasteiger partial charge in [0.05, 0.1) is 17.4 Å². The van der Waals surface area contributed by atoms with Gasteiger partial charge in [0.2, 0.25) is 6.79 Å². The van der Waals surface area contributed by atoms with E-state index in [4.69, 9.17) is 9.47 Å². The van der Waals surface area contributed by atoms with E-state index in [1.807, 2.05) is 35.2 Å². The second kappa shape index (κ2) is 4.99. The smallest absolute Gasteiger partial charge is 0.254 e. The molecule has 1 aromatic heterocycles. The zero-order valence-corrected chi connectivity index (χ0v) is 12.9. The van der Waals surface area contributed by atoms with Crippen LogP contribution in [0, 0.1) is 0 Å². The van der Waals surface area contributed by atoms with Gasteiger partial charge in [0.15, 0.2) is 11.5 Å². The molecule has 24 heavy (non-hydrogen) atoms. The summed E-state index contributed by atoms with van der Waals surface area (Å²) < 4.78 is 10.9. The molecule has 0 saturated carbocycles. The number of hydrogen-bond acceptors (Lipinski definition) is 4. The van der Waals surface area contributed by atoms with E-state index in [9.17, 15) is 4.79 Å². The lowest BCUT2D eigenvalue weighted by molar-refractivity contribution is 0.0734. The van der Waals surface area contributed by atoms with Crippen molar-refractivity contribution in [1.29, 1.82) is 0 Å². The fraction of sp³-hybridized carbons (Fsp3) is 0.222. The van der Waals surface area contributed by atoms with Gasteiger partial charge in [0.1, 0.15) is 0 Å². The lowest BCUT2D eigenvalue weighted by Crippen LogP contribution is -2.35. The Labute approximate surface area is 138 Å². The molecule has 2 aliphatic rings. The van der Waals surface area contributed by atoms with Crippen LogP contribution >= 0.6 is 0 Å². The van der Waals surface area contributed by atoms with E-state index in [2.05, 4.69) is 9.97 Å². The largest absolute Gasteiger partial charge is 0.454 e. The Hall–Kier alpha value is -3.02. The number of hydrogen-bond donors (Lipinski definition) is 1. The van der Waals surface area contributed by atoms with Crippen molar-refractivity contribution in [2.75, 3.05) is 13.3 Å². The highest BCUT2D eigenvalue weighted by molar-refractivity contribution is 5.97. The Balaban J connectivity index is 1.44. The number of imidazole rings is 1. The maximum atomic E-state index is 12.8. The Morgan fingerprint density at radius 2 is 1.96 bits per heavy atom.